The van der Waals surface area contributed by atoms with Crippen LogP contribution in [0.2, 0.25) is 0 Å². The summed E-state index contributed by atoms with van der Waals surface area (Å²) in [7, 11) is 6.06. The lowest BCUT2D eigenvalue weighted by Crippen LogP contribution is -2.37. The maximum atomic E-state index is 12.7. The summed E-state index contributed by atoms with van der Waals surface area (Å²) >= 11 is 1.24. The first-order chi connectivity index (χ1) is 13.4. The number of fused-ring (bicyclic) bond motifs is 1. The Morgan fingerprint density at radius 1 is 1.11 bits per heavy atom. The summed E-state index contributed by atoms with van der Waals surface area (Å²) in [5, 5.41) is 0.679. The van der Waals surface area contributed by atoms with E-state index in [0.717, 1.165) is 4.57 Å². The summed E-state index contributed by atoms with van der Waals surface area (Å²) in [6, 6.07) is 5.24. The Morgan fingerprint density at radius 3 is 2.46 bits per heavy atom. The topological polar surface area (TPSA) is 88.2 Å². The number of hydrogen-bond acceptors (Lipinski definition) is 7. The number of aryl methyl sites for hydroxylation is 1. The zero-order chi connectivity index (χ0) is 20.4. The molecule has 0 bridgehead atoms. The highest BCUT2D eigenvalue weighted by molar-refractivity contribution is 7.99. The lowest BCUT2D eigenvalue weighted by molar-refractivity contribution is 0.355. The smallest absolute Gasteiger partial charge is 0.332 e. The van der Waals surface area contributed by atoms with E-state index in [0.29, 0.717) is 33.7 Å². The first-order valence-corrected chi connectivity index (χ1v) is 9.17. The van der Waals surface area contributed by atoms with Gasteiger partial charge in [-0.3, -0.25) is 13.9 Å². The van der Waals surface area contributed by atoms with E-state index in [1.165, 1.54) is 30.5 Å². The van der Waals surface area contributed by atoms with Gasteiger partial charge in [0, 0.05) is 19.7 Å². The first kappa shape index (κ1) is 19.5. The molecule has 144 valence electrons. The number of nitrogens with zero attached hydrogens (tertiary/aromatic N) is 4. The van der Waals surface area contributed by atoms with Crippen molar-refractivity contribution >= 4 is 22.8 Å². The molecule has 0 saturated heterocycles. The van der Waals surface area contributed by atoms with E-state index in [1.54, 1.807) is 32.4 Å². The molecular weight excluding hydrogens is 380 g/mol. The molecule has 3 aromatic rings. The standard InChI is InChI=1S/C19H18N4O4S/c1-6-9-28-17-14-16(22(2)19(25)23(3)18(14)24)20-15(21-17)11-7-8-12(26-4)13(10-11)27-5/h1,7-8,10H,9H2,2-5H3. The van der Waals surface area contributed by atoms with E-state index in [9.17, 15) is 9.59 Å². The molecule has 0 fully saturated rings. The van der Waals surface area contributed by atoms with Gasteiger partial charge in [0.15, 0.2) is 23.0 Å². The van der Waals surface area contributed by atoms with Gasteiger partial charge in [0.25, 0.3) is 5.56 Å². The summed E-state index contributed by atoms with van der Waals surface area (Å²) in [4.78, 5) is 34.1. The van der Waals surface area contributed by atoms with Crippen molar-refractivity contribution in [3.05, 3.63) is 39.0 Å². The second-order valence-corrected chi connectivity index (χ2v) is 6.78. The molecule has 0 aliphatic heterocycles. The predicted octanol–water partition coefficient (Wildman–Crippen LogP) is 1.44. The lowest BCUT2D eigenvalue weighted by Gasteiger charge is -2.12. The molecule has 2 heterocycles. The van der Waals surface area contributed by atoms with Gasteiger partial charge in [0.05, 0.1) is 20.0 Å². The van der Waals surface area contributed by atoms with E-state index in [-0.39, 0.29) is 11.0 Å². The number of methoxy groups -OCH3 is 2. The third-order valence-corrected chi connectivity index (χ3v) is 5.08. The van der Waals surface area contributed by atoms with Gasteiger partial charge >= 0.3 is 5.69 Å². The molecule has 0 N–H and O–H groups in total. The van der Waals surface area contributed by atoms with Gasteiger partial charge in [-0.25, -0.2) is 14.8 Å². The molecule has 1 aromatic carbocycles. The van der Waals surface area contributed by atoms with Gasteiger partial charge in [-0.2, -0.15) is 0 Å². The van der Waals surface area contributed by atoms with Crippen molar-refractivity contribution in [1.82, 2.24) is 19.1 Å². The van der Waals surface area contributed by atoms with Gasteiger partial charge in [-0.05, 0) is 18.2 Å². The summed E-state index contributed by atoms with van der Waals surface area (Å²) in [6.45, 7) is 0. The zero-order valence-corrected chi connectivity index (χ0v) is 16.7. The fourth-order valence-electron chi connectivity index (χ4n) is 2.75. The van der Waals surface area contributed by atoms with Gasteiger partial charge in [-0.1, -0.05) is 17.7 Å². The SMILES string of the molecule is C#CCSc1nc(-c2ccc(OC)c(OC)c2)nc2c1c(=O)n(C)c(=O)n2C. The van der Waals surface area contributed by atoms with Gasteiger partial charge in [0.1, 0.15) is 10.4 Å². The Bertz CT molecular complexity index is 1220. The molecule has 3 rings (SSSR count). The molecule has 2 aromatic heterocycles. The Labute approximate surface area is 165 Å². The van der Waals surface area contributed by atoms with Gasteiger partial charge < -0.3 is 9.47 Å². The highest BCUT2D eigenvalue weighted by atomic mass is 32.2. The van der Waals surface area contributed by atoms with Crippen LogP contribution in [0.5, 0.6) is 11.5 Å². The average molecular weight is 398 g/mol. The minimum Gasteiger partial charge on any atom is -0.493 e. The number of ether oxygens (including phenoxy) is 2. The number of rotatable bonds is 5. The monoisotopic (exact) mass is 398 g/mol. The average Bonchev–Trinajstić information content (AvgIpc) is 2.73. The van der Waals surface area contributed by atoms with Crippen LogP contribution in [0.1, 0.15) is 0 Å². The van der Waals surface area contributed by atoms with Crippen molar-refractivity contribution in [2.45, 2.75) is 5.03 Å². The number of hydrogen-bond donors (Lipinski definition) is 0. The predicted molar refractivity (Wildman–Crippen MR) is 108 cm³/mol. The fourth-order valence-corrected chi connectivity index (χ4v) is 3.44. The van der Waals surface area contributed by atoms with Crippen LogP contribution in [0, 0.1) is 12.3 Å². The fraction of sp³-hybridized carbons (Fsp3) is 0.263. The van der Waals surface area contributed by atoms with Crippen molar-refractivity contribution in [2.75, 3.05) is 20.0 Å². The van der Waals surface area contributed by atoms with Crippen LogP contribution >= 0.6 is 11.8 Å². The van der Waals surface area contributed by atoms with Crippen LogP contribution in [-0.4, -0.2) is 39.1 Å². The number of terminal acetylenes is 1. The Hall–Kier alpha value is -3.25. The highest BCUT2D eigenvalue weighted by Crippen LogP contribution is 2.32. The molecule has 0 saturated carbocycles. The van der Waals surface area contributed by atoms with E-state index < -0.39 is 11.2 Å². The molecule has 9 heteroatoms. The van der Waals surface area contributed by atoms with Crippen LogP contribution in [0.15, 0.2) is 32.8 Å². The maximum Gasteiger partial charge on any atom is 0.332 e. The van der Waals surface area contributed by atoms with Crippen LogP contribution in [0.3, 0.4) is 0 Å². The third-order valence-electron chi connectivity index (χ3n) is 4.20. The van der Waals surface area contributed by atoms with E-state index in [1.807, 2.05) is 0 Å². The summed E-state index contributed by atoms with van der Waals surface area (Å²) < 4.78 is 12.9. The van der Waals surface area contributed by atoms with Crippen LogP contribution in [0.25, 0.3) is 22.4 Å². The van der Waals surface area contributed by atoms with Crippen LogP contribution in [0.4, 0.5) is 0 Å². The van der Waals surface area contributed by atoms with Crippen molar-refractivity contribution in [2.24, 2.45) is 14.1 Å². The zero-order valence-electron chi connectivity index (χ0n) is 15.8. The van der Waals surface area contributed by atoms with E-state index in [4.69, 9.17) is 15.9 Å². The summed E-state index contributed by atoms with van der Waals surface area (Å²) in [5.74, 6) is 4.27. The molecule has 0 aliphatic rings. The number of thioether (sulfide) groups is 1. The molecule has 8 nitrogen and oxygen atoms in total. The minimum atomic E-state index is -0.470. The highest BCUT2D eigenvalue weighted by Gasteiger charge is 2.18. The first-order valence-electron chi connectivity index (χ1n) is 8.19. The molecule has 0 atom stereocenters. The minimum absolute atomic E-state index is 0.243. The normalized spacial score (nSPS) is 10.7. The second kappa shape index (κ2) is 7.78. The Morgan fingerprint density at radius 2 is 1.82 bits per heavy atom. The Kier molecular flexibility index (Phi) is 5.42. The molecule has 0 amide bonds. The van der Waals surface area contributed by atoms with Crippen molar-refractivity contribution in [3.8, 4) is 35.2 Å². The van der Waals surface area contributed by atoms with Gasteiger partial charge in [-0.15, -0.1) is 6.42 Å². The van der Waals surface area contributed by atoms with Crippen molar-refractivity contribution in [1.29, 1.82) is 0 Å². The van der Waals surface area contributed by atoms with E-state index >= 15 is 0 Å². The Balaban J connectivity index is 2.35. The molecule has 28 heavy (non-hydrogen) atoms. The van der Waals surface area contributed by atoms with Crippen molar-refractivity contribution in [3.63, 3.8) is 0 Å². The largest absolute Gasteiger partial charge is 0.493 e. The third kappa shape index (κ3) is 3.23. The number of benzene rings is 1. The lowest BCUT2D eigenvalue weighted by atomic mass is 10.2. The number of aromatic nitrogens is 4. The van der Waals surface area contributed by atoms with Crippen molar-refractivity contribution < 1.29 is 9.47 Å². The molecular formula is C19H18N4O4S. The quantitative estimate of drug-likeness (QED) is 0.365. The maximum absolute atomic E-state index is 12.7. The van der Waals surface area contributed by atoms with E-state index in [2.05, 4.69) is 15.9 Å². The summed E-state index contributed by atoms with van der Waals surface area (Å²) in [5.41, 5.74) is -0.0403. The molecule has 0 aliphatic carbocycles. The second-order valence-electron chi connectivity index (χ2n) is 5.82. The van der Waals surface area contributed by atoms with Gasteiger partial charge in [0.2, 0.25) is 0 Å². The molecule has 0 spiro atoms. The van der Waals surface area contributed by atoms with Crippen LogP contribution < -0.4 is 20.7 Å². The van der Waals surface area contributed by atoms with Crippen LogP contribution in [-0.2, 0) is 14.1 Å². The molecule has 0 radical (unpaired) electrons. The molecule has 0 unspecified atom stereocenters. The summed E-state index contributed by atoms with van der Waals surface area (Å²) in [6.07, 6.45) is 5.38.